The lowest BCUT2D eigenvalue weighted by Gasteiger charge is -2.64. The van der Waals surface area contributed by atoms with Crippen molar-refractivity contribution in [1.29, 1.82) is 0 Å². The number of Topliss-reactive ketones (excluding diaryl/α,β-unsaturated/α-hetero) is 2. The number of nitrogens with two attached hydrogens (primary N) is 2. The van der Waals surface area contributed by atoms with Gasteiger partial charge in [0.1, 0.15) is 17.4 Å². The zero-order valence-electron chi connectivity index (χ0n) is 25.1. The number of piperidine rings is 1. The summed E-state index contributed by atoms with van der Waals surface area (Å²) in [5, 5.41) is 12.6. The number of amides is 1. The van der Waals surface area contributed by atoms with E-state index >= 15 is 0 Å². The van der Waals surface area contributed by atoms with E-state index < -0.39 is 29.3 Å². The normalized spacial score (nSPS) is 33.0. The zero-order valence-corrected chi connectivity index (χ0v) is 25.1. The Balaban J connectivity index is 1.19. The lowest BCUT2D eigenvalue weighted by atomic mass is 9.48. The molecule has 1 aromatic rings. The molecule has 5 N–H and O–H groups in total. The van der Waals surface area contributed by atoms with Crippen LogP contribution in [0, 0.1) is 5.92 Å². The number of aliphatic hydroxyl groups is 1. The molecule has 0 radical (unpaired) electrons. The number of nitrogens with zero attached hydrogens (tertiary/aromatic N) is 2. The first-order chi connectivity index (χ1) is 20.0. The molecule has 2 bridgehead atoms. The van der Waals surface area contributed by atoms with Crippen molar-refractivity contribution >= 4 is 17.7 Å². The van der Waals surface area contributed by atoms with E-state index in [9.17, 15) is 19.5 Å². The molecule has 6 atom stereocenters. The fourth-order valence-electron chi connectivity index (χ4n) is 8.62. The molecule has 1 saturated heterocycles. The van der Waals surface area contributed by atoms with Gasteiger partial charge in [-0.2, -0.15) is 0 Å². The topological polar surface area (TPSA) is 145 Å². The highest BCUT2D eigenvalue weighted by atomic mass is 16.6. The third-order valence-electron chi connectivity index (χ3n) is 11.1. The van der Waals surface area contributed by atoms with E-state index in [1.54, 1.807) is 13.1 Å². The summed E-state index contributed by atoms with van der Waals surface area (Å²) in [6.45, 7) is 2.88. The molecule has 5 aliphatic rings. The predicted molar refractivity (Wildman–Crippen MR) is 156 cm³/mol. The van der Waals surface area contributed by atoms with E-state index in [1.807, 2.05) is 6.07 Å². The summed E-state index contributed by atoms with van der Waals surface area (Å²) in [5.41, 5.74) is 11.6. The zero-order chi connectivity index (χ0) is 29.9. The van der Waals surface area contributed by atoms with Crippen LogP contribution in [0.3, 0.4) is 0 Å². The van der Waals surface area contributed by atoms with Crippen LogP contribution in [0.5, 0.6) is 11.5 Å². The van der Waals surface area contributed by atoms with Crippen LogP contribution in [-0.4, -0.2) is 96.2 Å². The number of likely N-dealkylation sites (N-methyl/N-ethyl adjacent to an activating group) is 1. The molecule has 0 aromatic heterocycles. The number of carbonyl (C=O) groups excluding carboxylic acids is 3. The van der Waals surface area contributed by atoms with Gasteiger partial charge in [0.05, 0.1) is 31.6 Å². The van der Waals surface area contributed by atoms with Gasteiger partial charge in [-0.1, -0.05) is 12.5 Å². The Morgan fingerprint density at radius 2 is 2.02 bits per heavy atom. The quantitative estimate of drug-likeness (QED) is 0.251. The maximum absolute atomic E-state index is 13.3. The molecule has 2 aliphatic heterocycles. The van der Waals surface area contributed by atoms with Crippen LogP contribution in [0.4, 0.5) is 4.79 Å². The Morgan fingerprint density at radius 3 is 2.76 bits per heavy atom. The van der Waals surface area contributed by atoms with Gasteiger partial charge in [0.25, 0.3) is 0 Å². The van der Waals surface area contributed by atoms with Gasteiger partial charge in [-0.15, -0.1) is 0 Å². The minimum atomic E-state index is -1.05. The molecule has 1 spiro atoms. The second kappa shape index (κ2) is 10.9. The first kappa shape index (κ1) is 29.5. The van der Waals surface area contributed by atoms with Crippen molar-refractivity contribution in [3.05, 3.63) is 23.3 Å². The average Bonchev–Trinajstić information content (AvgIpc) is 3.69. The maximum atomic E-state index is 13.3. The van der Waals surface area contributed by atoms with Crippen molar-refractivity contribution in [3.8, 4) is 11.5 Å². The van der Waals surface area contributed by atoms with E-state index in [1.165, 1.54) is 17.7 Å². The summed E-state index contributed by atoms with van der Waals surface area (Å²) in [7, 11) is 3.92. The Labute approximate surface area is 248 Å². The van der Waals surface area contributed by atoms with Crippen molar-refractivity contribution in [3.63, 3.8) is 0 Å². The fourth-order valence-corrected chi connectivity index (χ4v) is 8.62. The summed E-state index contributed by atoms with van der Waals surface area (Å²) in [4.78, 5) is 40.3. The molecule has 4 unspecified atom stereocenters. The molecule has 3 aliphatic carbocycles. The molecule has 2 heterocycles. The van der Waals surface area contributed by atoms with Gasteiger partial charge in [-0.05, 0) is 56.7 Å². The average molecular weight is 584 g/mol. The molecule has 230 valence electrons. The van der Waals surface area contributed by atoms with Crippen LogP contribution in [0.2, 0.25) is 0 Å². The molecule has 1 amide bonds. The van der Waals surface area contributed by atoms with E-state index in [-0.39, 0.29) is 23.4 Å². The molecular formula is C32H47N4O6+. The van der Waals surface area contributed by atoms with Crippen LogP contribution in [0.25, 0.3) is 0 Å². The molecule has 1 aromatic carbocycles. The number of benzene rings is 1. The van der Waals surface area contributed by atoms with Crippen LogP contribution in [0.15, 0.2) is 12.1 Å². The molecule has 42 heavy (non-hydrogen) atoms. The molecular weight excluding hydrogens is 536 g/mol. The first-order valence-electron chi connectivity index (χ1n) is 15.9. The Hall–Kier alpha value is -2.53. The standard InChI is InChI=1S/C32H47N4O6/c1-35(16-5-7-23(37)22(34)6-3-4-15-33)30(39)41-25-11-10-21-18-26-32(40)13-12-24(38)29-31(32,27(21)28(25)42-29)14-17-36(26,2)19-20-8-9-20/h10-11,20,22,26,29,40H,3-9,12-19,33-34H2,1-2H3/q+1/t22?,26-,29?,31?,32?,36+/m1/s1. The van der Waals surface area contributed by atoms with Crippen LogP contribution >= 0.6 is 0 Å². The van der Waals surface area contributed by atoms with Crippen molar-refractivity contribution in [2.45, 2.75) is 99.8 Å². The molecule has 10 nitrogen and oxygen atoms in total. The third kappa shape index (κ3) is 4.66. The number of likely N-dealkylation sites (tertiary alicyclic amines) is 1. The van der Waals surface area contributed by atoms with Crippen LogP contribution in [-0.2, 0) is 21.4 Å². The first-order valence-corrected chi connectivity index (χ1v) is 15.9. The number of quaternary nitrogens is 1. The minimum Gasteiger partial charge on any atom is -0.477 e. The Morgan fingerprint density at radius 1 is 1.24 bits per heavy atom. The van der Waals surface area contributed by atoms with Crippen molar-refractivity contribution in [2.75, 3.05) is 40.3 Å². The van der Waals surface area contributed by atoms with E-state index in [0.717, 1.165) is 47.5 Å². The number of unbranched alkanes of at least 4 members (excludes halogenated alkanes) is 1. The summed E-state index contributed by atoms with van der Waals surface area (Å²) in [5.74, 6) is 1.44. The maximum Gasteiger partial charge on any atom is 0.415 e. The fraction of sp³-hybridized carbons (Fsp3) is 0.719. The second-order valence-electron chi connectivity index (χ2n) is 13.8. The lowest BCUT2D eigenvalue weighted by molar-refractivity contribution is -0.950. The SMILES string of the molecule is CN(CCCC(=O)C(N)CCCCN)C(=O)Oc1ccc2c3c1OC1C(=O)CCC4(O)[C@@H](C2)[N@+](C)(CC2CC2)CCC314. The summed E-state index contributed by atoms with van der Waals surface area (Å²) in [6, 6.07) is 3.27. The van der Waals surface area contributed by atoms with Gasteiger partial charge in [0.15, 0.2) is 23.4 Å². The summed E-state index contributed by atoms with van der Waals surface area (Å²) < 4.78 is 13.1. The van der Waals surface area contributed by atoms with Crippen molar-refractivity contribution < 1.29 is 33.4 Å². The van der Waals surface area contributed by atoms with Gasteiger partial charge >= 0.3 is 6.09 Å². The number of rotatable bonds is 12. The minimum absolute atomic E-state index is 0.000485. The second-order valence-corrected chi connectivity index (χ2v) is 13.8. The van der Waals surface area contributed by atoms with Gasteiger partial charge in [0, 0.05) is 50.8 Å². The highest BCUT2D eigenvalue weighted by Crippen LogP contribution is 2.66. The Bertz CT molecular complexity index is 1270. The van der Waals surface area contributed by atoms with E-state index in [4.69, 9.17) is 20.9 Å². The lowest BCUT2D eigenvalue weighted by Crippen LogP contribution is -2.80. The highest BCUT2D eigenvalue weighted by molar-refractivity contribution is 5.90. The van der Waals surface area contributed by atoms with Gasteiger partial charge < -0.3 is 35.4 Å². The summed E-state index contributed by atoms with van der Waals surface area (Å²) in [6.07, 6.45) is 6.37. The molecule has 3 fully saturated rings. The van der Waals surface area contributed by atoms with Gasteiger partial charge in [-0.3, -0.25) is 9.59 Å². The molecule has 10 heteroatoms. The molecule has 6 rings (SSSR count). The number of ketones is 2. The van der Waals surface area contributed by atoms with Crippen molar-refractivity contribution in [1.82, 2.24) is 4.90 Å². The van der Waals surface area contributed by atoms with Crippen LogP contribution < -0.4 is 20.9 Å². The summed E-state index contributed by atoms with van der Waals surface area (Å²) >= 11 is 0. The van der Waals surface area contributed by atoms with E-state index in [0.29, 0.717) is 63.8 Å². The Kier molecular flexibility index (Phi) is 7.65. The smallest absolute Gasteiger partial charge is 0.415 e. The largest absolute Gasteiger partial charge is 0.477 e. The monoisotopic (exact) mass is 583 g/mol. The van der Waals surface area contributed by atoms with Crippen molar-refractivity contribution in [2.24, 2.45) is 17.4 Å². The molecule has 2 saturated carbocycles. The van der Waals surface area contributed by atoms with E-state index in [2.05, 4.69) is 7.05 Å². The highest BCUT2D eigenvalue weighted by Gasteiger charge is 2.76. The number of hydrogen-bond acceptors (Lipinski definition) is 8. The third-order valence-corrected chi connectivity index (χ3v) is 11.1. The number of hydrogen-bond donors (Lipinski definition) is 3. The van der Waals surface area contributed by atoms with Crippen LogP contribution in [0.1, 0.15) is 75.3 Å². The number of ether oxygens (including phenoxy) is 2. The van der Waals surface area contributed by atoms with Gasteiger partial charge in [-0.25, -0.2) is 4.79 Å². The van der Waals surface area contributed by atoms with Gasteiger partial charge in [0.2, 0.25) is 0 Å². The number of carbonyl (C=O) groups is 3. The predicted octanol–water partition coefficient (Wildman–Crippen LogP) is 2.20.